The lowest BCUT2D eigenvalue weighted by molar-refractivity contribution is 0.0759. The van der Waals surface area contributed by atoms with Crippen molar-refractivity contribution in [3.05, 3.63) is 57.6 Å². The van der Waals surface area contributed by atoms with E-state index >= 15 is 0 Å². The third-order valence-electron chi connectivity index (χ3n) is 7.12. The van der Waals surface area contributed by atoms with Crippen molar-refractivity contribution >= 4 is 11.7 Å². The average molecular weight is 422 g/mol. The lowest BCUT2D eigenvalue weighted by Gasteiger charge is -2.43. The maximum absolute atomic E-state index is 13.4. The van der Waals surface area contributed by atoms with Gasteiger partial charge in [0.1, 0.15) is 11.4 Å². The Balaban J connectivity index is 1.41. The Labute approximate surface area is 183 Å². The normalized spacial score (nSPS) is 23.9. The van der Waals surface area contributed by atoms with Crippen LogP contribution in [-0.2, 0) is 6.54 Å². The summed E-state index contributed by atoms with van der Waals surface area (Å²) >= 11 is 0. The largest absolute Gasteiger partial charge is 0.355 e. The highest BCUT2D eigenvalue weighted by molar-refractivity contribution is 5.94. The van der Waals surface area contributed by atoms with E-state index < -0.39 is 0 Å². The standard InChI is InChI=1S/C24H31N5O2/c1-17-5-3-8-25-22(17)28-14-18-13-19(16-28)21-7-6-20(24(31)29(21)15-18)23(30)27-10-4-9-26(2)11-12-27/h3,5-8,18-19H,4,9-16H2,1-2H3/t18-,19+/m0/s1. The smallest absolute Gasteiger partial charge is 0.263 e. The van der Waals surface area contributed by atoms with Gasteiger partial charge in [0.05, 0.1) is 0 Å². The molecule has 5 heterocycles. The minimum Gasteiger partial charge on any atom is -0.355 e. The molecule has 0 spiro atoms. The van der Waals surface area contributed by atoms with Crippen LogP contribution in [0.2, 0.25) is 0 Å². The van der Waals surface area contributed by atoms with E-state index in [2.05, 4.69) is 34.8 Å². The third kappa shape index (κ3) is 3.76. The van der Waals surface area contributed by atoms with Gasteiger partial charge in [-0.2, -0.15) is 0 Å². The number of nitrogens with zero attached hydrogens (tertiary/aromatic N) is 5. The molecule has 0 aromatic carbocycles. The van der Waals surface area contributed by atoms with E-state index in [0.29, 0.717) is 31.1 Å². The molecule has 2 fully saturated rings. The second kappa shape index (κ2) is 8.11. The number of aryl methyl sites for hydroxylation is 1. The molecule has 2 atom stereocenters. The summed E-state index contributed by atoms with van der Waals surface area (Å²) in [5, 5.41) is 0. The van der Waals surface area contributed by atoms with Gasteiger partial charge in [-0.3, -0.25) is 9.59 Å². The lowest BCUT2D eigenvalue weighted by atomic mass is 9.82. The van der Waals surface area contributed by atoms with Crippen LogP contribution in [0, 0.1) is 12.8 Å². The van der Waals surface area contributed by atoms with Crippen LogP contribution in [0.4, 0.5) is 5.82 Å². The van der Waals surface area contributed by atoms with Gasteiger partial charge in [-0.1, -0.05) is 6.07 Å². The fourth-order valence-corrected chi connectivity index (χ4v) is 5.51. The number of carbonyl (C=O) groups is 1. The summed E-state index contributed by atoms with van der Waals surface area (Å²) in [5.41, 5.74) is 2.46. The number of rotatable bonds is 2. The number of anilines is 1. The number of aromatic nitrogens is 2. The van der Waals surface area contributed by atoms with Gasteiger partial charge < -0.3 is 19.3 Å². The fourth-order valence-electron chi connectivity index (χ4n) is 5.51. The Kier molecular flexibility index (Phi) is 5.30. The van der Waals surface area contributed by atoms with E-state index in [-0.39, 0.29) is 17.4 Å². The lowest BCUT2D eigenvalue weighted by Crippen LogP contribution is -2.48. The van der Waals surface area contributed by atoms with Crippen LogP contribution in [0.15, 0.2) is 35.3 Å². The Bertz CT molecular complexity index is 1050. The monoisotopic (exact) mass is 421 g/mol. The van der Waals surface area contributed by atoms with Crippen LogP contribution in [-0.4, -0.2) is 71.6 Å². The van der Waals surface area contributed by atoms with Gasteiger partial charge in [0.15, 0.2) is 0 Å². The molecule has 5 rings (SSSR count). The number of fused-ring (bicyclic) bond motifs is 4. The minimum absolute atomic E-state index is 0.114. The molecule has 2 saturated heterocycles. The maximum atomic E-state index is 13.4. The van der Waals surface area contributed by atoms with Crippen LogP contribution >= 0.6 is 0 Å². The van der Waals surface area contributed by atoms with E-state index in [0.717, 1.165) is 50.5 Å². The summed E-state index contributed by atoms with van der Waals surface area (Å²) in [4.78, 5) is 37.6. The topological polar surface area (TPSA) is 61.7 Å². The van der Waals surface area contributed by atoms with E-state index in [4.69, 9.17) is 0 Å². The number of likely N-dealkylation sites (N-methyl/N-ethyl adjacent to an activating group) is 1. The molecule has 2 aromatic rings. The van der Waals surface area contributed by atoms with Crippen molar-refractivity contribution in [1.82, 2.24) is 19.4 Å². The zero-order chi connectivity index (χ0) is 21.5. The Morgan fingerprint density at radius 1 is 1.06 bits per heavy atom. The Hall–Kier alpha value is -2.67. The highest BCUT2D eigenvalue weighted by atomic mass is 16.2. The fraction of sp³-hybridized carbons (Fsp3) is 0.542. The molecule has 3 aliphatic heterocycles. The third-order valence-corrected chi connectivity index (χ3v) is 7.12. The Morgan fingerprint density at radius 2 is 1.94 bits per heavy atom. The van der Waals surface area contributed by atoms with Crippen molar-refractivity contribution in [3.63, 3.8) is 0 Å². The molecule has 3 aliphatic rings. The van der Waals surface area contributed by atoms with Gasteiger partial charge in [-0.15, -0.1) is 0 Å². The number of carbonyl (C=O) groups excluding carboxylic acids is 1. The molecule has 0 saturated carbocycles. The van der Waals surface area contributed by atoms with Crippen LogP contribution in [0.5, 0.6) is 0 Å². The molecule has 31 heavy (non-hydrogen) atoms. The van der Waals surface area contributed by atoms with E-state index in [1.807, 2.05) is 27.8 Å². The molecule has 2 bridgehead atoms. The summed E-state index contributed by atoms with van der Waals surface area (Å²) in [5.74, 6) is 1.61. The van der Waals surface area contributed by atoms with Gasteiger partial charge in [-0.05, 0) is 63.0 Å². The molecule has 164 valence electrons. The van der Waals surface area contributed by atoms with Crippen molar-refractivity contribution in [3.8, 4) is 0 Å². The van der Waals surface area contributed by atoms with Crippen molar-refractivity contribution in [1.29, 1.82) is 0 Å². The summed E-state index contributed by atoms with van der Waals surface area (Å²) in [7, 11) is 2.08. The van der Waals surface area contributed by atoms with Crippen LogP contribution < -0.4 is 10.5 Å². The van der Waals surface area contributed by atoms with E-state index in [1.54, 1.807) is 6.07 Å². The molecular weight excluding hydrogens is 390 g/mol. The SMILES string of the molecule is Cc1cccnc1N1C[C@@H]2C[C@H](C1)c1ccc(C(=O)N3CCCN(C)CC3)c(=O)n1C2. The first kappa shape index (κ1) is 20.2. The van der Waals surface area contributed by atoms with Crippen molar-refractivity contribution in [2.75, 3.05) is 51.2 Å². The van der Waals surface area contributed by atoms with Crippen LogP contribution in [0.1, 0.15) is 40.4 Å². The second-order valence-corrected chi connectivity index (χ2v) is 9.38. The van der Waals surface area contributed by atoms with Gasteiger partial charge in [0.25, 0.3) is 11.5 Å². The first-order valence-corrected chi connectivity index (χ1v) is 11.4. The zero-order valence-corrected chi connectivity index (χ0v) is 18.5. The number of pyridine rings is 2. The number of piperidine rings is 1. The number of hydrogen-bond acceptors (Lipinski definition) is 5. The van der Waals surface area contributed by atoms with Crippen molar-refractivity contribution in [2.24, 2.45) is 5.92 Å². The summed E-state index contributed by atoms with van der Waals surface area (Å²) < 4.78 is 1.89. The van der Waals surface area contributed by atoms with Crippen LogP contribution in [0.25, 0.3) is 0 Å². The molecule has 7 heteroatoms. The summed E-state index contributed by atoms with van der Waals surface area (Å²) in [6.45, 7) is 7.78. The molecule has 7 nitrogen and oxygen atoms in total. The maximum Gasteiger partial charge on any atom is 0.263 e. The van der Waals surface area contributed by atoms with Crippen molar-refractivity contribution < 1.29 is 4.79 Å². The quantitative estimate of drug-likeness (QED) is 0.742. The average Bonchev–Trinajstić information content (AvgIpc) is 2.99. The highest BCUT2D eigenvalue weighted by Crippen LogP contribution is 2.37. The predicted molar refractivity (Wildman–Crippen MR) is 121 cm³/mol. The van der Waals surface area contributed by atoms with Gasteiger partial charge in [-0.25, -0.2) is 4.98 Å². The first-order chi connectivity index (χ1) is 15.0. The molecule has 0 unspecified atom stereocenters. The number of amides is 1. The van der Waals surface area contributed by atoms with Crippen LogP contribution in [0.3, 0.4) is 0 Å². The highest BCUT2D eigenvalue weighted by Gasteiger charge is 2.36. The van der Waals surface area contributed by atoms with Gasteiger partial charge >= 0.3 is 0 Å². The zero-order valence-electron chi connectivity index (χ0n) is 18.5. The first-order valence-electron chi connectivity index (χ1n) is 11.4. The number of hydrogen-bond donors (Lipinski definition) is 0. The summed E-state index contributed by atoms with van der Waals surface area (Å²) in [6, 6.07) is 7.87. The molecule has 0 radical (unpaired) electrons. The molecular formula is C24H31N5O2. The van der Waals surface area contributed by atoms with Gasteiger partial charge in [0.2, 0.25) is 0 Å². The minimum atomic E-state index is -0.114. The second-order valence-electron chi connectivity index (χ2n) is 9.38. The molecule has 2 aromatic heterocycles. The Morgan fingerprint density at radius 3 is 2.77 bits per heavy atom. The van der Waals surface area contributed by atoms with Crippen molar-refractivity contribution in [2.45, 2.75) is 32.2 Å². The van der Waals surface area contributed by atoms with Gasteiger partial charge in [0, 0.05) is 57.1 Å². The van der Waals surface area contributed by atoms with E-state index in [9.17, 15) is 9.59 Å². The van der Waals surface area contributed by atoms with E-state index in [1.165, 1.54) is 5.56 Å². The molecule has 0 N–H and O–H groups in total. The summed E-state index contributed by atoms with van der Waals surface area (Å²) in [6.07, 6.45) is 3.89. The predicted octanol–water partition coefficient (Wildman–Crippen LogP) is 1.95. The molecule has 0 aliphatic carbocycles. The molecule has 1 amide bonds.